The molecule has 0 saturated heterocycles. The highest BCUT2D eigenvalue weighted by atomic mass is 32.1. The number of benzene rings is 16. The molecule has 1 aliphatic carbocycles. The first-order valence-corrected chi connectivity index (χ1v) is 40.5. The van der Waals surface area contributed by atoms with Crippen LogP contribution in [0, 0.1) is 0 Å². The summed E-state index contributed by atoms with van der Waals surface area (Å²) in [6, 6.07) is 134. The number of rotatable bonds is 11. The quantitative estimate of drug-likeness (QED) is 0.128. The van der Waals surface area contributed by atoms with Crippen LogP contribution in [0.1, 0.15) is 25.0 Å². The summed E-state index contributed by atoms with van der Waals surface area (Å²) in [6.45, 7) is 4.72. The van der Waals surface area contributed by atoms with Gasteiger partial charge in [0.05, 0.1) is 22.1 Å². The second-order valence-corrected chi connectivity index (χ2v) is 32.2. The number of para-hydroxylation sites is 3. The van der Waals surface area contributed by atoms with Gasteiger partial charge in [0.1, 0.15) is 0 Å². The predicted octanol–water partition coefficient (Wildman–Crippen LogP) is 28.0. The van der Waals surface area contributed by atoms with Crippen molar-refractivity contribution in [1.82, 2.24) is 39.0 Å². The van der Waals surface area contributed by atoms with Crippen molar-refractivity contribution in [3.8, 4) is 124 Å². The van der Waals surface area contributed by atoms with Crippen LogP contribution >= 0.6 is 22.7 Å². The van der Waals surface area contributed by atoms with Gasteiger partial charge in [0.2, 0.25) is 0 Å². The maximum absolute atomic E-state index is 5.22. The normalized spacial score (nSPS) is 12.3. The second kappa shape index (κ2) is 27.5. The van der Waals surface area contributed by atoms with Crippen molar-refractivity contribution in [1.29, 1.82) is 0 Å². The number of hydrogen-bond donors (Lipinski definition) is 0. The Morgan fingerprint density at radius 2 is 0.583 bits per heavy atom. The fourth-order valence-electron chi connectivity index (χ4n) is 17.3. The van der Waals surface area contributed by atoms with Gasteiger partial charge in [-0.15, -0.1) is 22.7 Å². The van der Waals surface area contributed by atoms with Crippen molar-refractivity contribution in [2.75, 3.05) is 0 Å². The molecule has 0 spiro atoms. The Morgan fingerprint density at radius 3 is 1.11 bits per heavy atom. The Kier molecular flexibility index (Phi) is 16.1. The largest absolute Gasteiger partial charge is 0.309 e. The molecule has 6 aromatic heterocycles. The number of aromatic nitrogens is 8. The van der Waals surface area contributed by atoms with E-state index in [1.807, 2.05) is 72.8 Å². The smallest absolute Gasteiger partial charge is 0.165 e. The number of nitrogens with zero attached hydrogens (tertiary/aromatic N) is 8. The van der Waals surface area contributed by atoms with Crippen LogP contribution in [0.15, 0.2) is 376 Å². The molecule has 115 heavy (non-hydrogen) atoms. The van der Waals surface area contributed by atoms with Crippen molar-refractivity contribution >= 4 is 107 Å². The van der Waals surface area contributed by atoms with Gasteiger partial charge in [0.15, 0.2) is 34.9 Å². The lowest BCUT2D eigenvalue weighted by Crippen LogP contribution is -2.14. The molecule has 22 aromatic rings. The minimum absolute atomic E-state index is 0.103. The fourth-order valence-corrected chi connectivity index (χ4v) is 19.7. The van der Waals surface area contributed by atoms with Gasteiger partial charge < -0.3 is 9.13 Å². The van der Waals surface area contributed by atoms with Crippen molar-refractivity contribution < 1.29 is 0 Å². The van der Waals surface area contributed by atoms with Crippen molar-refractivity contribution in [2.24, 2.45) is 0 Å². The third kappa shape index (κ3) is 11.6. The summed E-state index contributed by atoms with van der Waals surface area (Å²) in [6.07, 6.45) is 0. The molecule has 0 N–H and O–H groups in total. The lowest BCUT2D eigenvalue weighted by atomic mass is 9.82. The molecule has 0 aliphatic heterocycles. The predicted molar refractivity (Wildman–Crippen MR) is 481 cm³/mol. The molecule has 10 heteroatoms. The molecule has 23 rings (SSSR count). The van der Waals surface area contributed by atoms with E-state index in [1.54, 1.807) is 22.7 Å². The SMILES string of the molecule is CC1(C)c2ccccc2-c2cc3c4ccccc4n(-c4cccc(-c5cc(-c6nc(-c7ccccc7)nc(-c7ccccc7)n6)c6sc7ccccc7c6c5)c4)c3cc21.c1ccc(-c2nc(-c3ccccc3)nc(-c3cc(-c4cccc(-c5ccc6c7ccccc7n(-c7ccccc7)c6c5)c4)cc4c3sc3ccccc34)n2)cc1. The van der Waals surface area contributed by atoms with Crippen LogP contribution in [-0.2, 0) is 5.41 Å². The van der Waals surface area contributed by atoms with Crippen LogP contribution in [0.4, 0.5) is 0 Å². The highest BCUT2D eigenvalue weighted by molar-refractivity contribution is 7.26. The molecule has 1 aliphatic rings. The van der Waals surface area contributed by atoms with E-state index in [0.717, 1.165) is 82.0 Å². The van der Waals surface area contributed by atoms with Gasteiger partial charge >= 0.3 is 0 Å². The van der Waals surface area contributed by atoms with Gasteiger partial charge in [-0.25, -0.2) is 29.9 Å². The van der Waals surface area contributed by atoms with Gasteiger partial charge in [0, 0.05) is 112 Å². The summed E-state index contributed by atoms with van der Waals surface area (Å²) in [7, 11) is 0. The fraction of sp³-hybridized carbons (Fsp3) is 0.0286. The maximum Gasteiger partial charge on any atom is 0.165 e. The molecular weight excluding hydrogens is 1440 g/mol. The molecule has 0 unspecified atom stereocenters. The molecule has 0 amide bonds. The Hall–Kier alpha value is -14.4. The summed E-state index contributed by atoms with van der Waals surface area (Å²) < 4.78 is 9.62. The summed E-state index contributed by atoms with van der Waals surface area (Å²) in [4.78, 5) is 30.8. The van der Waals surface area contributed by atoms with E-state index in [0.29, 0.717) is 34.9 Å². The molecule has 8 nitrogen and oxygen atoms in total. The zero-order valence-corrected chi connectivity index (χ0v) is 64.3. The molecule has 540 valence electrons. The molecule has 0 radical (unpaired) electrons. The third-order valence-electron chi connectivity index (χ3n) is 22.9. The van der Waals surface area contributed by atoms with E-state index in [2.05, 4.69) is 326 Å². The molecule has 0 fully saturated rings. The summed E-state index contributed by atoms with van der Waals surface area (Å²) in [5.74, 6) is 3.93. The van der Waals surface area contributed by atoms with Crippen LogP contribution in [0.25, 0.3) is 208 Å². The number of fused-ring (bicyclic) bond motifs is 15. The van der Waals surface area contributed by atoms with E-state index in [1.165, 1.54) is 102 Å². The van der Waals surface area contributed by atoms with Gasteiger partial charge in [-0.1, -0.05) is 293 Å². The molecule has 6 heterocycles. The van der Waals surface area contributed by atoms with Gasteiger partial charge in [-0.3, -0.25) is 0 Å². The van der Waals surface area contributed by atoms with Crippen LogP contribution in [0.2, 0.25) is 0 Å². The molecule has 0 atom stereocenters. The average Bonchev–Trinajstić information content (AvgIpc) is 1.55. The molecule has 0 saturated carbocycles. The Morgan fingerprint density at radius 1 is 0.209 bits per heavy atom. The topological polar surface area (TPSA) is 87.2 Å². The van der Waals surface area contributed by atoms with Gasteiger partial charge in [0.25, 0.3) is 0 Å². The van der Waals surface area contributed by atoms with Crippen LogP contribution in [-0.4, -0.2) is 39.0 Å². The zero-order valence-electron chi connectivity index (χ0n) is 62.7. The maximum atomic E-state index is 5.22. The summed E-state index contributed by atoms with van der Waals surface area (Å²) >= 11 is 3.58. The summed E-state index contributed by atoms with van der Waals surface area (Å²) in [5, 5.41) is 9.86. The first kappa shape index (κ1) is 67.5. The van der Waals surface area contributed by atoms with E-state index >= 15 is 0 Å². The monoisotopic (exact) mass is 1500 g/mol. The van der Waals surface area contributed by atoms with E-state index in [9.17, 15) is 0 Å². The van der Waals surface area contributed by atoms with E-state index in [4.69, 9.17) is 29.9 Å². The minimum Gasteiger partial charge on any atom is -0.309 e. The highest BCUT2D eigenvalue weighted by Gasteiger charge is 2.36. The van der Waals surface area contributed by atoms with Crippen LogP contribution in [0.5, 0.6) is 0 Å². The van der Waals surface area contributed by atoms with Gasteiger partial charge in [-0.05, 0) is 153 Å². The van der Waals surface area contributed by atoms with Crippen molar-refractivity contribution in [3.63, 3.8) is 0 Å². The standard InChI is InChI=1S/C54H36N4S.C51H32N4S/c1-54(2)45-25-12-9-22-38(45)41-31-42-39-23-10-13-26-47(39)58(48(42)32-46(41)54)37-21-15-20-35(28-37)36-29-43-40-24-11-14-27-49(40)59-50(43)44(30-36)53-56-51(33-16-5-3-6-17-33)55-52(57-53)34-18-7-4-8-19-34;1-4-15-33(16-5-1)49-52-50(34-17-6-2-7-18-34)54-51(53-49)44-31-38(30-43-42-24-11-13-26-47(42)56-48(43)44)36-20-14-19-35(29-36)37-27-28-41-40-23-10-12-25-45(40)55(46(41)32-37)39-21-8-3-9-22-39/h3-32H,1-2H3;1-32H. The zero-order chi connectivity index (χ0) is 76.2. The third-order valence-corrected chi connectivity index (χ3v) is 25.3. The average molecular weight is 1510 g/mol. The van der Waals surface area contributed by atoms with Crippen molar-refractivity contribution in [2.45, 2.75) is 19.3 Å². The molecular formula is C105H68N8S2. The first-order chi connectivity index (χ1) is 56.7. The number of thiophene rings is 2. The first-order valence-electron chi connectivity index (χ1n) is 38.9. The molecule has 16 aromatic carbocycles. The Labute approximate surface area is 671 Å². The number of hydrogen-bond acceptors (Lipinski definition) is 8. The lowest BCUT2D eigenvalue weighted by molar-refractivity contribution is 0.661. The second-order valence-electron chi connectivity index (χ2n) is 30.1. The summed E-state index contributed by atoms with van der Waals surface area (Å²) in [5.41, 5.74) is 25.0. The van der Waals surface area contributed by atoms with Gasteiger partial charge in [-0.2, -0.15) is 0 Å². The van der Waals surface area contributed by atoms with Crippen molar-refractivity contribution in [3.05, 3.63) is 387 Å². The highest BCUT2D eigenvalue weighted by Crippen LogP contribution is 2.52. The minimum atomic E-state index is -0.103. The Bertz CT molecular complexity index is 7500. The lowest BCUT2D eigenvalue weighted by Gasteiger charge is -2.21. The van der Waals surface area contributed by atoms with E-state index in [-0.39, 0.29) is 5.41 Å². The van der Waals surface area contributed by atoms with Crippen LogP contribution in [0.3, 0.4) is 0 Å². The van der Waals surface area contributed by atoms with Crippen LogP contribution < -0.4 is 0 Å². The molecule has 0 bridgehead atoms. The Balaban J connectivity index is 0.000000140. The van der Waals surface area contributed by atoms with E-state index < -0.39 is 0 Å².